The van der Waals surface area contributed by atoms with Gasteiger partial charge in [0.25, 0.3) is 0 Å². The number of halogens is 4. The number of hydrogen-bond acceptors (Lipinski definition) is 5. The van der Waals surface area contributed by atoms with Crippen molar-refractivity contribution in [3.63, 3.8) is 0 Å². The van der Waals surface area contributed by atoms with E-state index >= 15 is 0 Å². The summed E-state index contributed by atoms with van der Waals surface area (Å²) in [6.07, 6.45) is -3.96. The molecule has 158 valence electrons. The summed E-state index contributed by atoms with van der Waals surface area (Å²) in [6, 6.07) is 9.72. The van der Waals surface area contributed by atoms with Gasteiger partial charge in [0.1, 0.15) is 0 Å². The normalized spacial score (nSPS) is 17.1. The highest BCUT2D eigenvalue weighted by Gasteiger charge is 2.38. The average molecular weight is 450 g/mol. The first-order valence-electron chi connectivity index (χ1n) is 8.67. The van der Waals surface area contributed by atoms with Crippen molar-refractivity contribution in [2.45, 2.75) is 29.6 Å². The third kappa shape index (κ3) is 5.13. The standard InChI is InChI=1S/C18H19ClF3N3O3S/c19-13-3-1-12(2-4-13)17(7-9-24-10-8-17)25-29(26,27)14-5-6-16(15(23)11-14)28-18(20,21)22/h1-6,11,24-25H,7-10,23H2. The van der Waals surface area contributed by atoms with Gasteiger partial charge in [-0.3, -0.25) is 0 Å². The predicted octanol–water partition coefficient (Wildman–Crippen LogP) is 3.38. The Morgan fingerprint density at radius 1 is 1.10 bits per heavy atom. The Labute approximate surface area is 171 Å². The molecule has 1 aliphatic heterocycles. The minimum Gasteiger partial charge on any atom is -0.404 e. The number of sulfonamides is 1. The van der Waals surface area contributed by atoms with E-state index in [4.69, 9.17) is 17.3 Å². The number of nitrogens with two attached hydrogens (primary N) is 1. The van der Waals surface area contributed by atoms with E-state index in [0.29, 0.717) is 31.0 Å². The quantitative estimate of drug-likeness (QED) is 0.608. The van der Waals surface area contributed by atoms with Crippen molar-refractivity contribution < 1.29 is 26.3 Å². The molecule has 1 fully saturated rings. The summed E-state index contributed by atoms with van der Waals surface area (Å²) in [5.41, 5.74) is 5.01. The van der Waals surface area contributed by atoms with Crippen LogP contribution in [-0.2, 0) is 15.6 Å². The first kappa shape index (κ1) is 21.7. The number of rotatable bonds is 5. The molecule has 0 aliphatic carbocycles. The molecule has 11 heteroatoms. The highest BCUT2D eigenvalue weighted by Crippen LogP contribution is 2.35. The van der Waals surface area contributed by atoms with Crippen LogP contribution in [0.15, 0.2) is 47.4 Å². The van der Waals surface area contributed by atoms with E-state index in [0.717, 1.165) is 23.8 Å². The molecule has 1 aliphatic rings. The number of benzene rings is 2. The molecule has 0 atom stereocenters. The van der Waals surface area contributed by atoms with Crippen molar-refractivity contribution in [3.8, 4) is 5.75 Å². The van der Waals surface area contributed by atoms with Crippen LogP contribution in [0.2, 0.25) is 5.02 Å². The van der Waals surface area contributed by atoms with Crippen molar-refractivity contribution in [1.29, 1.82) is 0 Å². The largest absolute Gasteiger partial charge is 0.573 e. The lowest BCUT2D eigenvalue weighted by Crippen LogP contribution is -2.52. The second-order valence-corrected chi connectivity index (χ2v) is 8.81. The molecule has 3 rings (SSSR count). The van der Waals surface area contributed by atoms with Crippen molar-refractivity contribution in [1.82, 2.24) is 10.0 Å². The van der Waals surface area contributed by atoms with Crippen molar-refractivity contribution in [3.05, 3.63) is 53.1 Å². The SMILES string of the molecule is Nc1cc(S(=O)(=O)NC2(c3ccc(Cl)cc3)CCNCC2)ccc1OC(F)(F)F. The second kappa shape index (κ2) is 8.02. The van der Waals surface area contributed by atoms with Gasteiger partial charge in [0, 0.05) is 5.02 Å². The van der Waals surface area contributed by atoms with Crippen LogP contribution < -0.4 is 20.5 Å². The molecule has 1 heterocycles. The Morgan fingerprint density at radius 3 is 2.28 bits per heavy atom. The maximum atomic E-state index is 13.0. The number of hydrogen-bond donors (Lipinski definition) is 3. The Bertz CT molecular complexity index is 976. The number of anilines is 1. The maximum absolute atomic E-state index is 13.0. The zero-order chi connectivity index (χ0) is 21.3. The minimum absolute atomic E-state index is 0.253. The summed E-state index contributed by atoms with van der Waals surface area (Å²) in [6.45, 7) is 1.18. The highest BCUT2D eigenvalue weighted by molar-refractivity contribution is 7.89. The second-order valence-electron chi connectivity index (χ2n) is 6.69. The van der Waals surface area contributed by atoms with E-state index in [9.17, 15) is 21.6 Å². The van der Waals surface area contributed by atoms with E-state index in [1.54, 1.807) is 24.3 Å². The summed E-state index contributed by atoms with van der Waals surface area (Å²) in [7, 11) is -4.09. The smallest absolute Gasteiger partial charge is 0.404 e. The van der Waals surface area contributed by atoms with E-state index in [2.05, 4.69) is 14.8 Å². The molecule has 0 spiro atoms. The van der Waals surface area contributed by atoms with Crippen LogP contribution in [0.25, 0.3) is 0 Å². The fourth-order valence-corrected chi connectivity index (χ4v) is 4.91. The Kier molecular flexibility index (Phi) is 6.00. The molecule has 6 nitrogen and oxygen atoms in total. The minimum atomic E-state index is -4.93. The van der Waals surface area contributed by atoms with Crippen LogP contribution in [0.4, 0.5) is 18.9 Å². The van der Waals surface area contributed by atoms with Crippen LogP contribution in [-0.4, -0.2) is 27.9 Å². The third-order valence-electron chi connectivity index (χ3n) is 4.70. The molecule has 0 radical (unpaired) electrons. The topological polar surface area (TPSA) is 93.5 Å². The highest BCUT2D eigenvalue weighted by atomic mass is 35.5. The predicted molar refractivity (Wildman–Crippen MR) is 103 cm³/mol. The van der Waals surface area contributed by atoms with Crippen LogP contribution in [0.5, 0.6) is 5.75 Å². The zero-order valence-electron chi connectivity index (χ0n) is 15.1. The number of alkyl halides is 3. The van der Waals surface area contributed by atoms with Crippen molar-refractivity contribution in [2.75, 3.05) is 18.8 Å². The number of nitrogens with one attached hydrogen (secondary N) is 2. The third-order valence-corrected chi connectivity index (χ3v) is 6.49. The van der Waals surface area contributed by atoms with Gasteiger partial charge in [-0.2, -0.15) is 0 Å². The van der Waals surface area contributed by atoms with Gasteiger partial charge >= 0.3 is 6.36 Å². The monoisotopic (exact) mass is 449 g/mol. The molecular weight excluding hydrogens is 431 g/mol. The van der Waals surface area contributed by atoms with Gasteiger partial charge in [-0.1, -0.05) is 23.7 Å². The van der Waals surface area contributed by atoms with Gasteiger partial charge in [-0.05, 0) is 61.8 Å². The van der Waals surface area contributed by atoms with Crippen LogP contribution in [0, 0.1) is 0 Å². The summed E-state index contributed by atoms with van der Waals surface area (Å²) in [5, 5.41) is 3.70. The number of ether oxygens (including phenoxy) is 1. The lowest BCUT2D eigenvalue weighted by molar-refractivity contribution is -0.274. The lowest BCUT2D eigenvalue weighted by Gasteiger charge is -2.38. The van der Waals surface area contributed by atoms with Gasteiger partial charge in [0.05, 0.1) is 16.1 Å². The maximum Gasteiger partial charge on any atom is 0.573 e. The fourth-order valence-electron chi connectivity index (χ4n) is 3.30. The molecule has 2 aromatic carbocycles. The van der Waals surface area contributed by atoms with Crippen molar-refractivity contribution >= 4 is 27.3 Å². The first-order valence-corrected chi connectivity index (χ1v) is 10.5. The molecule has 4 N–H and O–H groups in total. The Hall–Kier alpha value is -2.01. The van der Waals surface area contributed by atoms with Gasteiger partial charge < -0.3 is 15.8 Å². The van der Waals surface area contributed by atoms with E-state index in [1.807, 2.05) is 0 Å². The number of nitrogen functional groups attached to an aromatic ring is 1. The average Bonchev–Trinajstić information content (AvgIpc) is 2.63. The molecule has 0 bridgehead atoms. The Balaban J connectivity index is 1.93. The molecule has 29 heavy (non-hydrogen) atoms. The molecule has 1 saturated heterocycles. The molecule has 0 unspecified atom stereocenters. The Morgan fingerprint density at radius 2 is 1.72 bits per heavy atom. The van der Waals surface area contributed by atoms with Crippen molar-refractivity contribution in [2.24, 2.45) is 0 Å². The molecule has 2 aromatic rings. The van der Waals surface area contributed by atoms with Crippen LogP contribution in [0.1, 0.15) is 18.4 Å². The van der Waals surface area contributed by atoms with E-state index in [-0.39, 0.29) is 4.90 Å². The van der Waals surface area contributed by atoms with Gasteiger partial charge in [0.2, 0.25) is 10.0 Å². The fraction of sp³-hybridized carbons (Fsp3) is 0.333. The lowest BCUT2D eigenvalue weighted by atomic mass is 9.82. The molecule has 0 amide bonds. The molecule has 0 aromatic heterocycles. The van der Waals surface area contributed by atoms with Gasteiger partial charge in [-0.25, -0.2) is 13.1 Å². The zero-order valence-corrected chi connectivity index (χ0v) is 16.7. The first-order chi connectivity index (χ1) is 13.5. The van der Waals surface area contributed by atoms with Gasteiger partial charge in [0.15, 0.2) is 5.75 Å². The summed E-state index contributed by atoms with van der Waals surface area (Å²) >= 11 is 5.95. The summed E-state index contributed by atoms with van der Waals surface area (Å²) < 4.78 is 69.8. The summed E-state index contributed by atoms with van der Waals surface area (Å²) in [5.74, 6) is -0.661. The number of piperidine rings is 1. The summed E-state index contributed by atoms with van der Waals surface area (Å²) in [4.78, 5) is -0.253. The van der Waals surface area contributed by atoms with E-state index < -0.39 is 33.4 Å². The molecular formula is C18H19ClF3N3O3S. The molecule has 0 saturated carbocycles. The van der Waals surface area contributed by atoms with Crippen LogP contribution >= 0.6 is 11.6 Å². The van der Waals surface area contributed by atoms with Crippen LogP contribution in [0.3, 0.4) is 0 Å². The van der Waals surface area contributed by atoms with E-state index in [1.165, 1.54) is 0 Å². The van der Waals surface area contributed by atoms with Gasteiger partial charge in [-0.15, -0.1) is 13.2 Å².